The lowest BCUT2D eigenvalue weighted by atomic mass is 10.3. The maximum Gasteiger partial charge on any atom is 0.145 e. The van der Waals surface area contributed by atoms with Crippen LogP contribution in [0, 0.1) is 0 Å². The minimum Gasteiger partial charge on any atom is -0.468 e. The molecular weight excluding hydrogens is 194 g/mol. The minimum atomic E-state index is -0.157. The summed E-state index contributed by atoms with van der Waals surface area (Å²) in [5.41, 5.74) is 1.22. The van der Waals surface area contributed by atoms with Crippen molar-refractivity contribution < 1.29 is 4.12 Å². The first-order chi connectivity index (χ1) is 6.43. The van der Waals surface area contributed by atoms with E-state index in [9.17, 15) is 0 Å². The van der Waals surface area contributed by atoms with E-state index in [0.717, 1.165) is 17.0 Å². The first-order valence-corrected chi connectivity index (χ1v) is 7.11. The predicted molar refractivity (Wildman–Crippen MR) is 63.9 cm³/mol. The van der Waals surface area contributed by atoms with E-state index in [1.165, 1.54) is 18.2 Å². The van der Waals surface area contributed by atoms with Crippen molar-refractivity contribution in [2.45, 2.75) is 12.5 Å². The fourth-order valence-corrected chi connectivity index (χ4v) is 2.77. The van der Waals surface area contributed by atoms with Crippen molar-refractivity contribution in [3.05, 3.63) is 30.3 Å². The van der Waals surface area contributed by atoms with Crippen LogP contribution in [0.25, 0.3) is 0 Å². The van der Waals surface area contributed by atoms with E-state index in [0.29, 0.717) is 0 Å². The minimum absolute atomic E-state index is 0.157. The van der Waals surface area contributed by atoms with Crippen molar-refractivity contribution in [3.63, 3.8) is 0 Å². The van der Waals surface area contributed by atoms with Crippen LogP contribution in [-0.2, 0) is 4.12 Å². The van der Waals surface area contributed by atoms with Gasteiger partial charge in [0.2, 0.25) is 0 Å². The Morgan fingerprint density at radius 2 is 2.08 bits per heavy atom. The van der Waals surface area contributed by atoms with Gasteiger partial charge >= 0.3 is 0 Å². The summed E-state index contributed by atoms with van der Waals surface area (Å²) in [6.45, 7) is 1.07. The van der Waals surface area contributed by atoms with Crippen LogP contribution in [0.3, 0.4) is 0 Å². The molecule has 0 saturated carbocycles. The van der Waals surface area contributed by atoms with Gasteiger partial charge in [-0.05, 0) is 24.6 Å². The molecule has 72 valence electrons. The Morgan fingerprint density at radius 1 is 1.31 bits per heavy atom. The molecule has 0 aliphatic rings. The molecule has 4 heteroatoms. The summed E-state index contributed by atoms with van der Waals surface area (Å²) in [5, 5.41) is 3.38. The Bertz CT molecular complexity index is 218. The van der Waals surface area contributed by atoms with E-state index < -0.39 is 0 Å². The molecule has 0 bridgehead atoms. The van der Waals surface area contributed by atoms with Gasteiger partial charge < -0.3 is 9.43 Å². The second-order valence-electron chi connectivity index (χ2n) is 2.99. The van der Waals surface area contributed by atoms with E-state index in [2.05, 4.69) is 29.6 Å². The van der Waals surface area contributed by atoms with Crippen LogP contribution >= 0.6 is 0 Å². The van der Waals surface area contributed by atoms with Crippen LogP contribution in [0.2, 0.25) is 6.04 Å². The lowest BCUT2D eigenvalue weighted by Gasteiger charge is -2.04. The first kappa shape index (κ1) is 10.5. The molecule has 0 atom stereocenters. The molecule has 0 aliphatic carbocycles. The van der Waals surface area contributed by atoms with Gasteiger partial charge in [-0.3, -0.25) is 0 Å². The average molecular weight is 211 g/mol. The van der Waals surface area contributed by atoms with Gasteiger partial charge in [-0.1, -0.05) is 18.2 Å². The zero-order chi connectivity index (χ0) is 9.36. The van der Waals surface area contributed by atoms with Crippen molar-refractivity contribution in [2.24, 2.45) is 0 Å². The summed E-state index contributed by atoms with van der Waals surface area (Å²) in [4.78, 5) is 0. The van der Waals surface area contributed by atoms with Gasteiger partial charge in [0.1, 0.15) is 20.2 Å². The van der Waals surface area contributed by atoms with Crippen LogP contribution in [0.15, 0.2) is 30.3 Å². The van der Waals surface area contributed by atoms with E-state index in [4.69, 9.17) is 4.12 Å². The fourth-order valence-electron chi connectivity index (χ4n) is 1.16. The highest BCUT2D eigenvalue weighted by Crippen LogP contribution is 2.04. The largest absolute Gasteiger partial charge is 0.468 e. The molecule has 0 saturated heterocycles. The molecule has 1 rings (SSSR count). The Balaban J connectivity index is 2.07. The van der Waals surface area contributed by atoms with Crippen molar-refractivity contribution >= 4 is 25.9 Å². The van der Waals surface area contributed by atoms with Gasteiger partial charge in [0.15, 0.2) is 0 Å². The second-order valence-corrected chi connectivity index (χ2v) is 6.42. The van der Waals surface area contributed by atoms with Gasteiger partial charge in [0.05, 0.1) is 0 Å². The molecule has 0 fully saturated rings. The molecule has 0 aromatic heterocycles. The first-order valence-electron chi connectivity index (χ1n) is 4.71. The van der Waals surface area contributed by atoms with Crippen molar-refractivity contribution in [3.8, 4) is 0 Å². The lowest BCUT2D eigenvalue weighted by molar-refractivity contribution is 0.655. The van der Waals surface area contributed by atoms with Crippen LogP contribution in [-0.4, -0.2) is 26.8 Å². The van der Waals surface area contributed by atoms with E-state index in [1.807, 2.05) is 6.07 Å². The van der Waals surface area contributed by atoms with Gasteiger partial charge in [-0.25, -0.2) is 0 Å². The van der Waals surface area contributed by atoms with E-state index >= 15 is 0 Å². The Morgan fingerprint density at radius 3 is 2.77 bits per heavy atom. The highest BCUT2D eigenvalue weighted by molar-refractivity contribution is 6.34. The molecule has 1 aromatic carbocycles. The zero-order valence-electron chi connectivity index (χ0n) is 8.12. The van der Waals surface area contributed by atoms with Crippen molar-refractivity contribution in [1.82, 2.24) is 0 Å². The molecule has 0 spiro atoms. The smallest absolute Gasteiger partial charge is 0.145 e. The zero-order valence-corrected chi connectivity index (χ0v) is 11.5. The maximum atomic E-state index is 5.24. The van der Waals surface area contributed by atoms with Crippen molar-refractivity contribution in [2.75, 3.05) is 11.9 Å². The highest BCUT2D eigenvalue weighted by Gasteiger charge is 1.89. The van der Waals surface area contributed by atoms with Crippen LogP contribution in [0.5, 0.6) is 0 Å². The predicted octanol–water partition coefficient (Wildman–Crippen LogP) is 0.288. The molecule has 0 radical (unpaired) electrons. The van der Waals surface area contributed by atoms with Gasteiger partial charge in [0, 0.05) is 12.2 Å². The Labute approximate surface area is 85.2 Å². The SMILES string of the molecule is [SiH3]O[SiH2]CCCNc1ccccc1. The summed E-state index contributed by atoms with van der Waals surface area (Å²) in [5.74, 6) is 0. The maximum absolute atomic E-state index is 5.24. The van der Waals surface area contributed by atoms with Gasteiger partial charge in [0.25, 0.3) is 0 Å². The number of rotatable bonds is 6. The lowest BCUT2D eigenvalue weighted by Crippen LogP contribution is -2.03. The Hall–Kier alpha value is -0.586. The molecule has 0 amide bonds. The molecular formula is C9H17NOSi2. The van der Waals surface area contributed by atoms with Crippen LogP contribution in [0.1, 0.15) is 6.42 Å². The summed E-state index contributed by atoms with van der Waals surface area (Å²) in [6.07, 6.45) is 1.24. The number of hydrogen-bond acceptors (Lipinski definition) is 2. The Kier molecular flexibility index (Phi) is 5.55. The number of nitrogens with one attached hydrogen (secondary N) is 1. The van der Waals surface area contributed by atoms with Crippen LogP contribution < -0.4 is 5.32 Å². The fraction of sp³-hybridized carbons (Fsp3) is 0.333. The van der Waals surface area contributed by atoms with E-state index in [-0.39, 0.29) is 9.76 Å². The number of para-hydroxylation sites is 1. The third kappa shape index (κ3) is 4.87. The molecule has 0 aliphatic heterocycles. The molecule has 2 nitrogen and oxygen atoms in total. The number of anilines is 1. The summed E-state index contributed by atoms with van der Waals surface area (Å²) < 4.78 is 5.24. The van der Waals surface area contributed by atoms with Crippen LogP contribution in [0.4, 0.5) is 5.69 Å². The molecule has 1 aromatic rings. The monoisotopic (exact) mass is 211 g/mol. The normalized spacial score (nSPS) is 11.1. The van der Waals surface area contributed by atoms with Crippen molar-refractivity contribution in [1.29, 1.82) is 0 Å². The topological polar surface area (TPSA) is 21.3 Å². The number of hydrogen-bond donors (Lipinski definition) is 1. The quantitative estimate of drug-likeness (QED) is 0.539. The average Bonchev–Trinajstić information content (AvgIpc) is 2.19. The second kappa shape index (κ2) is 6.88. The summed E-state index contributed by atoms with van der Waals surface area (Å²) >= 11 is 0. The summed E-state index contributed by atoms with van der Waals surface area (Å²) in [7, 11) is 0.768. The standard InChI is InChI=1S/C9H17NOSi2/c12-11-13-8-4-7-10-9-5-2-1-3-6-9/h1-3,5-6,10H,4,7-8,13H2,12H3. The van der Waals surface area contributed by atoms with Gasteiger partial charge in [-0.15, -0.1) is 0 Å². The van der Waals surface area contributed by atoms with E-state index in [1.54, 1.807) is 0 Å². The number of benzene rings is 1. The summed E-state index contributed by atoms with van der Waals surface area (Å²) in [6, 6.07) is 11.6. The molecule has 0 heterocycles. The third-order valence-corrected chi connectivity index (χ3v) is 4.30. The highest BCUT2D eigenvalue weighted by atomic mass is 28.3. The molecule has 1 N–H and O–H groups in total. The third-order valence-electron chi connectivity index (χ3n) is 1.88. The molecule has 0 unspecified atom stereocenters. The van der Waals surface area contributed by atoms with Gasteiger partial charge in [-0.2, -0.15) is 0 Å². The molecule has 13 heavy (non-hydrogen) atoms.